The number of methoxy groups -OCH3 is 1. The van der Waals surface area contributed by atoms with Crippen LogP contribution in [0.1, 0.15) is 34.7 Å². The first-order chi connectivity index (χ1) is 13.2. The fraction of sp³-hybridized carbons (Fsp3) is 0.208. The number of amides is 1. The number of benzene rings is 3. The molecule has 3 nitrogen and oxygen atoms in total. The Bertz CT molecular complexity index is 872. The maximum atomic E-state index is 12.6. The topological polar surface area (TPSA) is 38.3 Å². The normalized spacial score (nSPS) is 11.6. The second-order valence-electron chi connectivity index (χ2n) is 6.67. The molecule has 0 aliphatic heterocycles. The molecule has 0 heterocycles. The second-order valence-corrected chi connectivity index (χ2v) is 6.67. The Morgan fingerprint density at radius 3 is 2.30 bits per heavy atom. The predicted molar refractivity (Wildman–Crippen MR) is 109 cm³/mol. The van der Waals surface area contributed by atoms with Crippen molar-refractivity contribution < 1.29 is 9.53 Å². The van der Waals surface area contributed by atoms with Crippen LogP contribution in [0.15, 0.2) is 78.9 Å². The minimum atomic E-state index is -0.144. The average Bonchev–Trinajstić information content (AvgIpc) is 2.71. The van der Waals surface area contributed by atoms with Crippen LogP contribution in [0, 0.1) is 6.92 Å². The molecule has 1 N–H and O–H groups in total. The molecule has 3 heteroatoms. The van der Waals surface area contributed by atoms with Crippen molar-refractivity contribution in [2.24, 2.45) is 0 Å². The van der Waals surface area contributed by atoms with E-state index in [0.717, 1.165) is 22.4 Å². The lowest BCUT2D eigenvalue weighted by molar-refractivity contribution is -0.121. The summed E-state index contributed by atoms with van der Waals surface area (Å²) in [6.07, 6.45) is 1.15. The van der Waals surface area contributed by atoms with Crippen molar-refractivity contribution in [1.82, 2.24) is 5.32 Å². The third-order valence-corrected chi connectivity index (χ3v) is 4.61. The first-order valence-corrected chi connectivity index (χ1v) is 9.19. The standard InChI is InChI=1S/C24H25NO2/c1-18-7-6-10-21(17-18)24(20-8-4-3-5-9-20)25-23(26)16-13-19-11-14-22(27-2)15-12-19/h3-12,14-15,17,24H,13,16H2,1-2H3,(H,25,26)/t24-/m0/s1. The molecule has 0 bridgehead atoms. The van der Waals surface area contributed by atoms with Crippen LogP contribution in [0.4, 0.5) is 0 Å². The zero-order chi connectivity index (χ0) is 19.1. The van der Waals surface area contributed by atoms with Gasteiger partial charge in [-0.05, 0) is 42.2 Å². The molecule has 138 valence electrons. The van der Waals surface area contributed by atoms with E-state index >= 15 is 0 Å². The first-order valence-electron chi connectivity index (χ1n) is 9.19. The van der Waals surface area contributed by atoms with Gasteiger partial charge < -0.3 is 10.1 Å². The van der Waals surface area contributed by atoms with Gasteiger partial charge >= 0.3 is 0 Å². The van der Waals surface area contributed by atoms with Crippen molar-refractivity contribution in [2.45, 2.75) is 25.8 Å². The molecular formula is C24H25NO2. The first kappa shape index (κ1) is 18.7. The molecule has 3 aromatic carbocycles. The van der Waals surface area contributed by atoms with Gasteiger partial charge in [0.25, 0.3) is 0 Å². The van der Waals surface area contributed by atoms with Crippen LogP contribution in [0.25, 0.3) is 0 Å². The number of ether oxygens (including phenoxy) is 1. The summed E-state index contributed by atoms with van der Waals surface area (Å²) in [5, 5.41) is 3.21. The Labute approximate surface area is 161 Å². The maximum Gasteiger partial charge on any atom is 0.221 e. The molecule has 0 radical (unpaired) electrons. The van der Waals surface area contributed by atoms with Gasteiger partial charge in [-0.3, -0.25) is 4.79 Å². The lowest BCUT2D eigenvalue weighted by atomic mass is 9.97. The van der Waals surface area contributed by atoms with Crippen molar-refractivity contribution in [3.8, 4) is 5.75 Å². The van der Waals surface area contributed by atoms with Gasteiger partial charge in [-0.25, -0.2) is 0 Å². The van der Waals surface area contributed by atoms with E-state index in [1.54, 1.807) is 7.11 Å². The van der Waals surface area contributed by atoms with Gasteiger partial charge in [0, 0.05) is 6.42 Å². The summed E-state index contributed by atoms with van der Waals surface area (Å²) < 4.78 is 5.18. The molecule has 0 fully saturated rings. The van der Waals surface area contributed by atoms with Crippen LogP contribution in [0.2, 0.25) is 0 Å². The summed E-state index contributed by atoms with van der Waals surface area (Å²) in [5.41, 5.74) is 4.48. The minimum absolute atomic E-state index is 0.0428. The highest BCUT2D eigenvalue weighted by Gasteiger charge is 2.16. The fourth-order valence-electron chi connectivity index (χ4n) is 3.14. The molecule has 1 atom stereocenters. The number of hydrogen-bond acceptors (Lipinski definition) is 2. The molecular weight excluding hydrogens is 334 g/mol. The van der Waals surface area contributed by atoms with Gasteiger partial charge in [0.05, 0.1) is 13.2 Å². The Morgan fingerprint density at radius 2 is 1.63 bits per heavy atom. The monoisotopic (exact) mass is 359 g/mol. The van der Waals surface area contributed by atoms with Crippen molar-refractivity contribution >= 4 is 5.91 Å². The summed E-state index contributed by atoms with van der Waals surface area (Å²) in [6.45, 7) is 2.07. The van der Waals surface area contributed by atoms with E-state index in [0.29, 0.717) is 12.8 Å². The number of aryl methyl sites for hydroxylation is 2. The Hall–Kier alpha value is -3.07. The van der Waals surface area contributed by atoms with E-state index in [9.17, 15) is 4.79 Å². The van der Waals surface area contributed by atoms with Gasteiger partial charge in [-0.15, -0.1) is 0 Å². The fourth-order valence-corrected chi connectivity index (χ4v) is 3.14. The van der Waals surface area contributed by atoms with Crippen molar-refractivity contribution in [2.75, 3.05) is 7.11 Å². The number of hydrogen-bond donors (Lipinski definition) is 1. The molecule has 27 heavy (non-hydrogen) atoms. The highest BCUT2D eigenvalue weighted by Crippen LogP contribution is 2.23. The quantitative estimate of drug-likeness (QED) is 0.655. The number of carbonyl (C=O) groups excluding carboxylic acids is 1. The average molecular weight is 359 g/mol. The van der Waals surface area contributed by atoms with Gasteiger partial charge in [-0.1, -0.05) is 72.3 Å². The third kappa shape index (κ3) is 5.20. The van der Waals surface area contributed by atoms with Crippen molar-refractivity contribution in [1.29, 1.82) is 0 Å². The Balaban J connectivity index is 1.70. The van der Waals surface area contributed by atoms with Crippen LogP contribution in [0.5, 0.6) is 5.75 Å². The van der Waals surface area contributed by atoms with Crippen LogP contribution >= 0.6 is 0 Å². The van der Waals surface area contributed by atoms with Gasteiger partial charge in [0.2, 0.25) is 5.91 Å². The van der Waals surface area contributed by atoms with Crippen LogP contribution in [0.3, 0.4) is 0 Å². The minimum Gasteiger partial charge on any atom is -0.497 e. The molecule has 3 aromatic rings. The van der Waals surface area contributed by atoms with E-state index in [4.69, 9.17) is 4.74 Å². The van der Waals surface area contributed by atoms with Crippen molar-refractivity contribution in [3.05, 3.63) is 101 Å². The van der Waals surface area contributed by atoms with Gasteiger partial charge in [-0.2, -0.15) is 0 Å². The molecule has 3 rings (SSSR count). The maximum absolute atomic E-state index is 12.6. The van der Waals surface area contributed by atoms with Crippen LogP contribution in [-0.2, 0) is 11.2 Å². The molecule has 0 saturated heterocycles. The zero-order valence-corrected chi connectivity index (χ0v) is 15.8. The van der Waals surface area contributed by atoms with E-state index in [-0.39, 0.29) is 11.9 Å². The molecule has 0 unspecified atom stereocenters. The van der Waals surface area contributed by atoms with Gasteiger partial charge in [0.1, 0.15) is 5.75 Å². The Kier molecular flexibility index (Phi) is 6.26. The van der Waals surface area contributed by atoms with E-state index < -0.39 is 0 Å². The molecule has 0 aliphatic carbocycles. The lowest BCUT2D eigenvalue weighted by Gasteiger charge is -2.20. The van der Waals surface area contributed by atoms with E-state index in [1.807, 2.05) is 48.5 Å². The largest absolute Gasteiger partial charge is 0.497 e. The number of nitrogens with one attached hydrogen (secondary N) is 1. The summed E-state index contributed by atoms with van der Waals surface area (Å²) in [6, 6.07) is 26.1. The molecule has 0 aliphatic rings. The van der Waals surface area contributed by atoms with Crippen LogP contribution < -0.4 is 10.1 Å². The SMILES string of the molecule is COc1ccc(CCC(=O)N[C@@H](c2ccccc2)c2cccc(C)c2)cc1. The van der Waals surface area contributed by atoms with Crippen LogP contribution in [-0.4, -0.2) is 13.0 Å². The zero-order valence-electron chi connectivity index (χ0n) is 15.8. The molecule has 0 saturated carbocycles. The number of carbonyl (C=O) groups is 1. The van der Waals surface area contributed by atoms with Crippen molar-refractivity contribution in [3.63, 3.8) is 0 Å². The number of rotatable bonds is 7. The lowest BCUT2D eigenvalue weighted by Crippen LogP contribution is -2.29. The highest BCUT2D eigenvalue weighted by atomic mass is 16.5. The summed E-state index contributed by atoms with van der Waals surface area (Å²) in [5.74, 6) is 0.868. The Morgan fingerprint density at radius 1 is 0.926 bits per heavy atom. The smallest absolute Gasteiger partial charge is 0.221 e. The molecule has 0 spiro atoms. The highest BCUT2D eigenvalue weighted by molar-refractivity contribution is 5.77. The second kappa shape index (κ2) is 9.04. The summed E-state index contributed by atoms with van der Waals surface area (Å²) in [7, 11) is 1.65. The van der Waals surface area contributed by atoms with E-state index in [2.05, 4.69) is 42.6 Å². The summed E-state index contributed by atoms with van der Waals surface area (Å²) in [4.78, 5) is 12.6. The third-order valence-electron chi connectivity index (χ3n) is 4.61. The summed E-state index contributed by atoms with van der Waals surface area (Å²) >= 11 is 0. The predicted octanol–water partition coefficient (Wildman–Crippen LogP) is 4.84. The van der Waals surface area contributed by atoms with Gasteiger partial charge in [0.15, 0.2) is 0 Å². The molecule has 1 amide bonds. The van der Waals surface area contributed by atoms with E-state index in [1.165, 1.54) is 5.56 Å². The molecule has 0 aromatic heterocycles.